The maximum absolute atomic E-state index is 9.89. The van der Waals surface area contributed by atoms with E-state index >= 15 is 0 Å². The fourth-order valence-electron chi connectivity index (χ4n) is 2.22. The Morgan fingerprint density at radius 3 is 2.69 bits per heavy atom. The van der Waals surface area contributed by atoms with Crippen LogP contribution in [0.15, 0.2) is 0 Å². The first-order chi connectivity index (χ1) is 6.36. The Labute approximate surface area is 80.7 Å². The van der Waals surface area contributed by atoms with E-state index < -0.39 is 0 Å². The minimum atomic E-state index is -0.0825. The Morgan fingerprint density at radius 1 is 1.23 bits per heavy atom. The third kappa shape index (κ3) is 2.96. The van der Waals surface area contributed by atoms with Crippen molar-refractivity contribution in [2.75, 3.05) is 6.54 Å². The second-order valence-electron chi connectivity index (χ2n) is 4.64. The van der Waals surface area contributed by atoms with Gasteiger partial charge in [-0.1, -0.05) is 19.3 Å². The molecule has 0 aromatic heterocycles. The van der Waals surface area contributed by atoms with E-state index in [9.17, 15) is 5.11 Å². The van der Waals surface area contributed by atoms with Gasteiger partial charge in [-0.3, -0.25) is 0 Å². The topological polar surface area (TPSA) is 32.3 Å². The molecule has 0 radical (unpaired) electrons. The first kappa shape index (κ1) is 9.47. The third-order valence-corrected chi connectivity index (χ3v) is 3.38. The molecule has 2 fully saturated rings. The first-order valence-electron chi connectivity index (χ1n) is 5.78. The van der Waals surface area contributed by atoms with Gasteiger partial charge < -0.3 is 10.4 Å². The normalized spacial score (nSPS) is 31.6. The number of rotatable bonds is 4. The molecule has 1 aliphatic heterocycles. The van der Waals surface area contributed by atoms with Gasteiger partial charge in [-0.05, 0) is 38.1 Å². The SMILES string of the molecule is OC(CCC1CC1)C1CCCCN1. The van der Waals surface area contributed by atoms with Gasteiger partial charge >= 0.3 is 0 Å². The van der Waals surface area contributed by atoms with E-state index in [2.05, 4.69) is 5.32 Å². The van der Waals surface area contributed by atoms with Crippen molar-refractivity contribution >= 4 is 0 Å². The predicted molar refractivity (Wildman–Crippen MR) is 53.6 cm³/mol. The van der Waals surface area contributed by atoms with Gasteiger partial charge in [-0.25, -0.2) is 0 Å². The summed E-state index contributed by atoms with van der Waals surface area (Å²) in [5, 5.41) is 13.3. The monoisotopic (exact) mass is 183 g/mol. The van der Waals surface area contributed by atoms with Crippen LogP contribution in [-0.4, -0.2) is 23.8 Å². The van der Waals surface area contributed by atoms with Gasteiger partial charge in [-0.2, -0.15) is 0 Å². The number of hydrogen-bond acceptors (Lipinski definition) is 2. The lowest BCUT2D eigenvalue weighted by atomic mass is 9.96. The Balaban J connectivity index is 1.64. The molecule has 2 heteroatoms. The average Bonchev–Trinajstić information content (AvgIpc) is 2.99. The molecule has 2 atom stereocenters. The van der Waals surface area contributed by atoms with Crippen molar-refractivity contribution in [2.45, 2.75) is 57.1 Å². The quantitative estimate of drug-likeness (QED) is 0.695. The molecule has 0 amide bonds. The molecule has 0 aromatic carbocycles. The second-order valence-corrected chi connectivity index (χ2v) is 4.64. The van der Waals surface area contributed by atoms with Crippen LogP contribution in [0.3, 0.4) is 0 Å². The first-order valence-corrected chi connectivity index (χ1v) is 5.78. The van der Waals surface area contributed by atoms with E-state index in [0.29, 0.717) is 6.04 Å². The second kappa shape index (κ2) is 4.43. The highest BCUT2D eigenvalue weighted by Crippen LogP contribution is 2.34. The van der Waals surface area contributed by atoms with Crippen molar-refractivity contribution in [1.82, 2.24) is 5.32 Å². The minimum absolute atomic E-state index is 0.0825. The summed E-state index contributed by atoms with van der Waals surface area (Å²) in [5.41, 5.74) is 0. The van der Waals surface area contributed by atoms with Crippen LogP contribution in [0.25, 0.3) is 0 Å². The molecule has 1 saturated heterocycles. The fraction of sp³-hybridized carbons (Fsp3) is 1.00. The molecule has 2 rings (SSSR count). The fourth-order valence-corrected chi connectivity index (χ4v) is 2.22. The summed E-state index contributed by atoms with van der Waals surface area (Å²) in [4.78, 5) is 0. The summed E-state index contributed by atoms with van der Waals surface area (Å²) in [7, 11) is 0. The number of aliphatic hydroxyl groups is 1. The summed E-state index contributed by atoms with van der Waals surface area (Å²) in [6.07, 6.45) is 8.74. The summed E-state index contributed by atoms with van der Waals surface area (Å²) >= 11 is 0. The largest absolute Gasteiger partial charge is 0.392 e. The van der Waals surface area contributed by atoms with Crippen molar-refractivity contribution in [3.63, 3.8) is 0 Å². The van der Waals surface area contributed by atoms with E-state index in [4.69, 9.17) is 0 Å². The zero-order chi connectivity index (χ0) is 9.10. The molecular formula is C11H21NO. The molecule has 1 saturated carbocycles. The molecule has 1 aliphatic carbocycles. The highest BCUT2D eigenvalue weighted by Gasteiger charge is 2.25. The van der Waals surface area contributed by atoms with E-state index in [0.717, 1.165) is 18.9 Å². The van der Waals surface area contributed by atoms with Crippen LogP contribution in [0.1, 0.15) is 44.9 Å². The summed E-state index contributed by atoms with van der Waals surface area (Å²) in [6, 6.07) is 0.396. The minimum Gasteiger partial charge on any atom is -0.392 e. The van der Waals surface area contributed by atoms with Gasteiger partial charge in [-0.15, -0.1) is 0 Å². The lowest BCUT2D eigenvalue weighted by Crippen LogP contribution is -2.43. The Bertz CT molecular complexity index is 150. The zero-order valence-electron chi connectivity index (χ0n) is 8.34. The smallest absolute Gasteiger partial charge is 0.0693 e. The van der Waals surface area contributed by atoms with Crippen LogP contribution in [-0.2, 0) is 0 Å². The molecule has 2 aliphatic rings. The molecule has 1 heterocycles. The van der Waals surface area contributed by atoms with E-state index in [-0.39, 0.29) is 6.10 Å². The van der Waals surface area contributed by atoms with Gasteiger partial charge in [0, 0.05) is 6.04 Å². The van der Waals surface area contributed by atoms with Gasteiger partial charge in [0.05, 0.1) is 6.10 Å². The summed E-state index contributed by atoms with van der Waals surface area (Å²) in [6.45, 7) is 1.10. The highest BCUT2D eigenvalue weighted by molar-refractivity contribution is 4.82. The molecule has 13 heavy (non-hydrogen) atoms. The van der Waals surface area contributed by atoms with E-state index in [1.807, 2.05) is 0 Å². The molecule has 0 aromatic rings. The van der Waals surface area contributed by atoms with Crippen LogP contribution in [0.2, 0.25) is 0 Å². The highest BCUT2D eigenvalue weighted by atomic mass is 16.3. The van der Waals surface area contributed by atoms with Crippen molar-refractivity contribution in [3.05, 3.63) is 0 Å². The number of piperidine rings is 1. The lowest BCUT2D eigenvalue weighted by molar-refractivity contribution is 0.101. The Hall–Kier alpha value is -0.0800. The maximum atomic E-state index is 9.89. The Morgan fingerprint density at radius 2 is 2.08 bits per heavy atom. The van der Waals surface area contributed by atoms with Crippen LogP contribution in [0.4, 0.5) is 0 Å². The lowest BCUT2D eigenvalue weighted by Gasteiger charge is -2.28. The molecule has 76 valence electrons. The van der Waals surface area contributed by atoms with Crippen molar-refractivity contribution in [3.8, 4) is 0 Å². The van der Waals surface area contributed by atoms with E-state index in [1.54, 1.807) is 0 Å². The van der Waals surface area contributed by atoms with Gasteiger partial charge in [0.25, 0.3) is 0 Å². The number of aliphatic hydroxyl groups excluding tert-OH is 1. The van der Waals surface area contributed by atoms with Crippen LogP contribution in [0.5, 0.6) is 0 Å². The predicted octanol–water partition coefficient (Wildman–Crippen LogP) is 1.68. The van der Waals surface area contributed by atoms with Crippen molar-refractivity contribution in [2.24, 2.45) is 5.92 Å². The number of hydrogen-bond donors (Lipinski definition) is 2. The van der Waals surface area contributed by atoms with Gasteiger partial charge in [0.15, 0.2) is 0 Å². The van der Waals surface area contributed by atoms with Crippen LogP contribution in [0, 0.1) is 5.92 Å². The maximum Gasteiger partial charge on any atom is 0.0693 e. The standard InChI is InChI=1S/C11H21NO/c13-11(7-6-9-4-5-9)10-3-1-2-8-12-10/h9-13H,1-8H2. The molecule has 0 spiro atoms. The molecule has 0 bridgehead atoms. The van der Waals surface area contributed by atoms with Gasteiger partial charge in [0.2, 0.25) is 0 Å². The average molecular weight is 183 g/mol. The van der Waals surface area contributed by atoms with Crippen LogP contribution < -0.4 is 5.32 Å². The van der Waals surface area contributed by atoms with E-state index in [1.165, 1.54) is 38.5 Å². The molecular weight excluding hydrogens is 162 g/mol. The zero-order valence-corrected chi connectivity index (χ0v) is 8.34. The molecule has 2 N–H and O–H groups in total. The van der Waals surface area contributed by atoms with Crippen LogP contribution >= 0.6 is 0 Å². The summed E-state index contributed by atoms with van der Waals surface area (Å²) in [5.74, 6) is 0.957. The van der Waals surface area contributed by atoms with Crippen molar-refractivity contribution < 1.29 is 5.11 Å². The summed E-state index contributed by atoms with van der Waals surface area (Å²) < 4.78 is 0. The van der Waals surface area contributed by atoms with Crippen molar-refractivity contribution in [1.29, 1.82) is 0 Å². The van der Waals surface area contributed by atoms with Gasteiger partial charge in [0.1, 0.15) is 0 Å². The Kier molecular flexibility index (Phi) is 3.23. The molecule has 2 nitrogen and oxygen atoms in total. The third-order valence-electron chi connectivity index (χ3n) is 3.38. The molecule has 2 unspecified atom stereocenters. The number of nitrogens with one attached hydrogen (secondary N) is 1.